The van der Waals surface area contributed by atoms with E-state index >= 15 is 0 Å². The summed E-state index contributed by atoms with van der Waals surface area (Å²) in [5.74, 6) is -0.0958. The number of amides is 2. The van der Waals surface area contributed by atoms with Crippen LogP contribution in [0.15, 0.2) is 24.5 Å². The number of aromatic nitrogens is 1. The van der Waals surface area contributed by atoms with Crippen LogP contribution in [0, 0.1) is 5.92 Å². The molecule has 1 aromatic rings. The number of hydrogen-bond acceptors (Lipinski definition) is 4. The maximum absolute atomic E-state index is 11.8. The summed E-state index contributed by atoms with van der Waals surface area (Å²) in [5.41, 5.74) is 6.34. The van der Waals surface area contributed by atoms with Crippen molar-refractivity contribution in [1.29, 1.82) is 0 Å². The Kier molecular flexibility index (Phi) is 5.06. The number of nitrogens with one attached hydrogen (secondary N) is 2. The minimum atomic E-state index is -0.162. The molecule has 6 heteroatoms. The summed E-state index contributed by atoms with van der Waals surface area (Å²) < 4.78 is 0. The first-order chi connectivity index (χ1) is 9.66. The van der Waals surface area contributed by atoms with Crippen LogP contribution in [0.1, 0.15) is 29.6 Å². The van der Waals surface area contributed by atoms with E-state index in [9.17, 15) is 9.59 Å². The molecule has 0 saturated heterocycles. The fourth-order valence-electron chi connectivity index (χ4n) is 2.37. The van der Waals surface area contributed by atoms with E-state index in [1.807, 2.05) is 0 Å². The fraction of sp³-hybridized carbons (Fsp3) is 0.500. The maximum Gasteiger partial charge on any atom is 0.251 e. The average molecular weight is 276 g/mol. The first kappa shape index (κ1) is 14.5. The van der Waals surface area contributed by atoms with Gasteiger partial charge in [-0.3, -0.25) is 14.6 Å². The molecule has 0 aromatic carbocycles. The summed E-state index contributed by atoms with van der Waals surface area (Å²) in [6.45, 7) is 0.840. The van der Waals surface area contributed by atoms with Crippen LogP contribution >= 0.6 is 0 Å². The molecule has 1 aliphatic rings. The monoisotopic (exact) mass is 276 g/mol. The molecule has 2 rings (SSSR count). The molecule has 0 bridgehead atoms. The highest BCUT2D eigenvalue weighted by atomic mass is 16.2. The van der Waals surface area contributed by atoms with E-state index in [0.717, 1.165) is 19.3 Å². The Morgan fingerprint density at radius 1 is 1.20 bits per heavy atom. The third-order valence-corrected chi connectivity index (χ3v) is 3.50. The van der Waals surface area contributed by atoms with Crippen molar-refractivity contribution in [2.45, 2.75) is 25.3 Å². The molecule has 1 aromatic heterocycles. The van der Waals surface area contributed by atoms with Crippen LogP contribution in [0.5, 0.6) is 0 Å². The third kappa shape index (κ3) is 4.03. The average Bonchev–Trinajstić information content (AvgIpc) is 2.91. The van der Waals surface area contributed by atoms with E-state index in [2.05, 4.69) is 15.6 Å². The maximum atomic E-state index is 11.8. The summed E-state index contributed by atoms with van der Waals surface area (Å²) in [6, 6.07) is 3.44. The molecular formula is C14H20N4O2. The van der Waals surface area contributed by atoms with E-state index in [1.54, 1.807) is 24.5 Å². The van der Waals surface area contributed by atoms with Crippen LogP contribution in [0.2, 0.25) is 0 Å². The quantitative estimate of drug-likeness (QED) is 0.662. The Morgan fingerprint density at radius 3 is 2.55 bits per heavy atom. The molecule has 20 heavy (non-hydrogen) atoms. The molecule has 1 saturated carbocycles. The lowest BCUT2D eigenvalue weighted by molar-refractivity contribution is -0.124. The minimum absolute atomic E-state index is 0.0286. The van der Waals surface area contributed by atoms with Gasteiger partial charge in [0.05, 0.1) is 0 Å². The molecular weight excluding hydrogens is 256 g/mol. The van der Waals surface area contributed by atoms with Crippen LogP contribution < -0.4 is 16.4 Å². The molecule has 1 heterocycles. The van der Waals surface area contributed by atoms with Gasteiger partial charge in [-0.05, 0) is 31.4 Å². The van der Waals surface area contributed by atoms with E-state index < -0.39 is 0 Å². The van der Waals surface area contributed by atoms with Crippen molar-refractivity contribution < 1.29 is 9.59 Å². The first-order valence-electron chi connectivity index (χ1n) is 6.88. The number of nitrogens with two attached hydrogens (primary N) is 1. The van der Waals surface area contributed by atoms with Gasteiger partial charge in [-0.25, -0.2) is 0 Å². The van der Waals surface area contributed by atoms with Crippen LogP contribution in [0.4, 0.5) is 0 Å². The predicted octanol–water partition coefficient (Wildman–Crippen LogP) is 0.0550. The van der Waals surface area contributed by atoms with Crippen LogP contribution in [0.3, 0.4) is 0 Å². The van der Waals surface area contributed by atoms with Gasteiger partial charge in [0.15, 0.2) is 0 Å². The van der Waals surface area contributed by atoms with Crippen LogP contribution in [-0.2, 0) is 4.79 Å². The van der Waals surface area contributed by atoms with Gasteiger partial charge in [0, 0.05) is 43.0 Å². The predicted molar refractivity (Wildman–Crippen MR) is 74.9 cm³/mol. The molecule has 0 unspecified atom stereocenters. The van der Waals surface area contributed by atoms with E-state index in [4.69, 9.17) is 5.73 Å². The Morgan fingerprint density at radius 2 is 1.90 bits per heavy atom. The fourth-order valence-corrected chi connectivity index (χ4v) is 2.37. The lowest BCUT2D eigenvalue weighted by atomic mass is 10.1. The SMILES string of the molecule is N[C@H]1CC[C@@H](C(=O)NCCNC(=O)c2ccncc2)C1. The molecule has 1 fully saturated rings. The molecule has 0 aliphatic heterocycles. The van der Waals surface area contributed by atoms with Crippen LogP contribution in [0.25, 0.3) is 0 Å². The van der Waals surface area contributed by atoms with Gasteiger partial charge in [0.2, 0.25) is 5.91 Å². The highest BCUT2D eigenvalue weighted by molar-refractivity contribution is 5.93. The summed E-state index contributed by atoms with van der Waals surface area (Å²) in [7, 11) is 0. The summed E-state index contributed by atoms with van der Waals surface area (Å²) in [5, 5.41) is 5.58. The summed E-state index contributed by atoms with van der Waals surface area (Å²) in [6.07, 6.45) is 5.67. The Labute approximate surface area is 118 Å². The van der Waals surface area contributed by atoms with Crippen molar-refractivity contribution in [2.24, 2.45) is 11.7 Å². The van der Waals surface area contributed by atoms with Crippen molar-refractivity contribution in [2.75, 3.05) is 13.1 Å². The van der Waals surface area contributed by atoms with Crippen LogP contribution in [-0.4, -0.2) is 35.9 Å². The van der Waals surface area contributed by atoms with Crippen molar-refractivity contribution in [3.63, 3.8) is 0 Å². The summed E-state index contributed by atoms with van der Waals surface area (Å²) in [4.78, 5) is 27.4. The number of carbonyl (C=O) groups excluding carboxylic acids is 2. The van der Waals surface area contributed by atoms with E-state index in [0.29, 0.717) is 18.7 Å². The summed E-state index contributed by atoms with van der Waals surface area (Å²) >= 11 is 0. The molecule has 2 atom stereocenters. The van der Waals surface area contributed by atoms with Crippen molar-refractivity contribution in [3.8, 4) is 0 Å². The lowest BCUT2D eigenvalue weighted by Crippen LogP contribution is -2.37. The number of hydrogen-bond donors (Lipinski definition) is 3. The number of pyridine rings is 1. The second kappa shape index (κ2) is 7.00. The zero-order valence-corrected chi connectivity index (χ0v) is 11.3. The molecule has 108 valence electrons. The largest absolute Gasteiger partial charge is 0.354 e. The van der Waals surface area contributed by atoms with Gasteiger partial charge in [0.1, 0.15) is 0 Å². The molecule has 6 nitrogen and oxygen atoms in total. The number of nitrogens with zero attached hydrogens (tertiary/aromatic N) is 1. The van der Waals surface area contributed by atoms with E-state index in [1.165, 1.54) is 0 Å². The van der Waals surface area contributed by atoms with Gasteiger partial charge >= 0.3 is 0 Å². The zero-order chi connectivity index (χ0) is 14.4. The second-order valence-corrected chi connectivity index (χ2v) is 5.05. The van der Waals surface area contributed by atoms with E-state index in [-0.39, 0.29) is 23.8 Å². The highest BCUT2D eigenvalue weighted by Crippen LogP contribution is 2.23. The Hall–Kier alpha value is -1.95. The second-order valence-electron chi connectivity index (χ2n) is 5.05. The molecule has 4 N–H and O–H groups in total. The topological polar surface area (TPSA) is 97.1 Å². The third-order valence-electron chi connectivity index (χ3n) is 3.50. The van der Waals surface area contributed by atoms with Gasteiger partial charge in [-0.2, -0.15) is 0 Å². The zero-order valence-electron chi connectivity index (χ0n) is 11.3. The van der Waals surface area contributed by atoms with Gasteiger partial charge in [-0.15, -0.1) is 0 Å². The van der Waals surface area contributed by atoms with Gasteiger partial charge in [-0.1, -0.05) is 0 Å². The smallest absolute Gasteiger partial charge is 0.251 e. The minimum Gasteiger partial charge on any atom is -0.354 e. The lowest BCUT2D eigenvalue weighted by Gasteiger charge is -2.11. The Bertz CT molecular complexity index is 464. The van der Waals surface area contributed by atoms with Crippen molar-refractivity contribution in [3.05, 3.63) is 30.1 Å². The first-order valence-corrected chi connectivity index (χ1v) is 6.88. The normalized spacial score (nSPS) is 21.4. The molecule has 0 radical (unpaired) electrons. The van der Waals surface area contributed by atoms with Gasteiger partial charge < -0.3 is 16.4 Å². The number of carbonyl (C=O) groups is 2. The van der Waals surface area contributed by atoms with Crippen molar-refractivity contribution >= 4 is 11.8 Å². The standard InChI is InChI=1S/C14H20N4O2/c15-12-2-1-11(9-12)14(20)18-8-7-17-13(19)10-3-5-16-6-4-10/h3-6,11-12H,1-2,7-9,15H2,(H,17,19)(H,18,20)/t11-,12+/m1/s1. The highest BCUT2D eigenvalue weighted by Gasteiger charge is 2.27. The molecule has 2 amide bonds. The van der Waals surface area contributed by atoms with Gasteiger partial charge in [0.25, 0.3) is 5.91 Å². The van der Waals surface area contributed by atoms with Crippen molar-refractivity contribution in [1.82, 2.24) is 15.6 Å². The Balaban J connectivity index is 1.64. The molecule has 0 spiro atoms. The number of rotatable bonds is 5. The molecule has 1 aliphatic carbocycles.